The van der Waals surface area contributed by atoms with E-state index < -0.39 is 18.1 Å². The maximum atomic E-state index is 11.3. The molecule has 0 aliphatic carbocycles. The molecule has 14 heavy (non-hydrogen) atoms. The fourth-order valence-corrected chi connectivity index (χ4v) is 1.26. The Hall–Kier alpha value is -1.43. The van der Waals surface area contributed by atoms with E-state index >= 15 is 0 Å². The summed E-state index contributed by atoms with van der Waals surface area (Å²) in [4.78, 5) is 33.9. The number of nitrogens with zero attached hydrogens (tertiary/aromatic N) is 1. The SMILES string of the molecule is CC(NC1CC(=O)N(C)C1=O)C(=O)O. The molecule has 0 spiro atoms. The largest absolute Gasteiger partial charge is 0.480 e. The minimum Gasteiger partial charge on any atom is -0.480 e. The van der Waals surface area contributed by atoms with E-state index in [1.54, 1.807) is 0 Å². The van der Waals surface area contributed by atoms with Crippen molar-refractivity contribution in [1.82, 2.24) is 10.2 Å². The van der Waals surface area contributed by atoms with E-state index in [1.165, 1.54) is 14.0 Å². The predicted molar refractivity (Wildman–Crippen MR) is 46.4 cm³/mol. The second-order valence-electron chi connectivity index (χ2n) is 3.27. The van der Waals surface area contributed by atoms with Crippen LogP contribution in [0.25, 0.3) is 0 Å². The van der Waals surface area contributed by atoms with Gasteiger partial charge >= 0.3 is 5.97 Å². The van der Waals surface area contributed by atoms with E-state index in [0.717, 1.165) is 4.90 Å². The molecule has 0 bridgehead atoms. The molecule has 1 rings (SSSR count). The normalized spacial score (nSPS) is 24.1. The highest BCUT2D eigenvalue weighted by molar-refractivity contribution is 6.05. The molecule has 0 aromatic heterocycles. The smallest absolute Gasteiger partial charge is 0.320 e. The molecular formula is C8H12N2O4. The Kier molecular flexibility index (Phi) is 2.85. The lowest BCUT2D eigenvalue weighted by molar-refractivity contribution is -0.139. The molecule has 0 aromatic rings. The van der Waals surface area contributed by atoms with Gasteiger partial charge in [-0.25, -0.2) is 0 Å². The van der Waals surface area contributed by atoms with Crippen LogP contribution in [-0.4, -0.2) is 46.9 Å². The first-order chi connectivity index (χ1) is 6.43. The van der Waals surface area contributed by atoms with Crippen LogP contribution in [0.2, 0.25) is 0 Å². The first kappa shape index (κ1) is 10.6. The fraction of sp³-hybridized carbons (Fsp3) is 0.625. The number of carboxylic acids is 1. The van der Waals surface area contributed by atoms with E-state index in [1.807, 2.05) is 0 Å². The molecular weight excluding hydrogens is 188 g/mol. The number of hydrogen-bond donors (Lipinski definition) is 2. The number of hydrogen-bond acceptors (Lipinski definition) is 4. The zero-order valence-electron chi connectivity index (χ0n) is 7.98. The number of likely N-dealkylation sites (N-methyl/N-ethyl adjacent to an activating group) is 1. The van der Waals surface area contributed by atoms with Crippen LogP contribution in [-0.2, 0) is 14.4 Å². The number of likely N-dealkylation sites (tertiary alicyclic amines) is 1. The van der Waals surface area contributed by atoms with E-state index in [9.17, 15) is 14.4 Å². The van der Waals surface area contributed by atoms with Crippen LogP contribution in [0.3, 0.4) is 0 Å². The summed E-state index contributed by atoms with van der Waals surface area (Å²) in [5.74, 6) is -1.70. The highest BCUT2D eigenvalue weighted by Gasteiger charge is 2.37. The molecule has 78 valence electrons. The lowest BCUT2D eigenvalue weighted by Crippen LogP contribution is -2.45. The monoisotopic (exact) mass is 200 g/mol. The first-order valence-corrected chi connectivity index (χ1v) is 4.22. The molecule has 1 fully saturated rings. The molecule has 0 aromatic carbocycles. The van der Waals surface area contributed by atoms with Crippen LogP contribution >= 0.6 is 0 Å². The topological polar surface area (TPSA) is 86.7 Å². The quantitative estimate of drug-likeness (QED) is 0.559. The molecule has 6 heteroatoms. The number of carbonyl (C=O) groups is 3. The van der Waals surface area contributed by atoms with Gasteiger partial charge in [-0.05, 0) is 6.92 Å². The Morgan fingerprint density at radius 1 is 1.64 bits per heavy atom. The highest BCUT2D eigenvalue weighted by Crippen LogP contribution is 2.10. The maximum Gasteiger partial charge on any atom is 0.320 e. The van der Waals surface area contributed by atoms with Crippen molar-refractivity contribution in [2.45, 2.75) is 25.4 Å². The van der Waals surface area contributed by atoms with E-state index in [-0.39, 0.29) is 18.2 Å². The zero-order chi connectivity index (χ0) is 10.9. The summed E-state index contributed by atoms with van der Waals surface area (Å²) < 4.78 is 0. The van der Waals surface area contributed by atoms with Gasteiger partial charge in [0.1, 0.15) is 6.04 Å². The summed E-state index contributed by atoms with van der Waals surface area (Å²) in [6.45, 7) is 1.43. The highest BCUT2D eigenvalue weighted by atomic mass is 16.4. The van der Waals surface area contributed by atoms with Gasteiger partial charge in [0.25, 0.3) is 0 Å². The minimum atomic E-state index is -1.04. The van der Waals surface area contributed by atoms with Gasteiger partial charge < -0.3 is 5.11 Å². The third-order valence-electron chi connectivity index (χ3n) is 2.20. The number of carbonyl (C=O) groups excluding carboxylic acids is 2. The second-order valence-corrected chi connectivity index (χ2v) is 3.27. The molecule has 0 radical (unpaired) electrons. The summed E-state index contributed by atoms with van der Waals surface area (Å²) >= 11 is 0. The first-order valence-electron chi connectivity index (χ1n) is 4.22. The minimum absolute atomic E-state index is 0.0347. The van der Waals surface area contributed by atoms with Crippen molar-refractivity contribution in [3.8, 4) is 0 Å². The van der Waals surface area contributed by atoms with Gasteiger partial charge in [-0.1, -0.05) is 0 Å². The van der Waals surface area contributed by atoms with Gasteiger partial charge in [-0.15, -0.1) is 0 Å². The number of imide groups is 1. The average molecular weight is 200 g/mol. The molecule has 0 saturated carbocycles. The molecule has 2 unspecified atom stereocenters. The van der Waals surface area contributed by atoms with Crippen molar-refractivity contribution in [2.75, 3.05) is 7.05 Å². The van der Waals surface area contributed by atoms with Gasteiger partial charge in [-0.3, -0.25) is 24.6 Å². The number of aliphatic carboxylic acids is 1. The molecule has 2 amide bonds. The van der Waals surface area contributed by atoms with Crippen LogP contribution in [0.15, 0.2) is 0 Å². The van der Waals surface area contributed by atoms with Crippen molar-refractivity contribution in [1.29, 1.82) is 0 Å². The van der Waals surface area contributed by atoms with Crippen molar-refractivity contribution in [3.63, 3.8) is 0 Å². The second kappa shape index (κ2) is 3.75. The predicted octanol–water partition coefficient (Wildman–Crippen LogP) is -1.19. The fourth-order valence-electron chi connectivity index (χ4n) is 1.26. The van der Waals surface area contributed by atoms with Crippen molar-refractivity contribution in [3.05, 3.63) is 0 Å². The molecule has 1 aliphatic heterocycles. The van der Waals surface area contributed by atoms with E-state index in [2.05, 4.69) is 5.32 Å². The Morgan fingerprint density at radius 3 is 2.57 bits per heavy atom. The van der Waals surface area contributed by atoms with Crippen LogP contribution in [0.5, 0.6) is 0 Å². The lowest BCUT2D eigenvalue weighted by atomic mass is 10.2. The zero-order valence-corrected chi connectivity index (χ0v) is 7.98. The third kappa shape index (κ3) is 1.90. The summed E-state index contributed by atoms with van der Waals surface area (Å²) in [7, 11) is 1.39. The molecule has 6 nitrogen and oxygen atoms in total. The number of amides is 2. The van der Waals surface area contributed by atoms with Crippen LogP contribution in [0, 0.1) is 0 Å². The van der Waals surface area contributed by atoms with Crippen molar-refractivity contribution < 1.29 is 19.5 Å². The van der Waals surface area contributed by atoms with Crippen molar-refractivity contribution in [2.24, 2.45) is 0 Å². The van der Waals surface area contributed by atoms with Gasteiger partial charge in [0, 0.05) is 7.05 Å². The molecule has 1 saturated heterocycles. The van der Waals surface area contributed by atoms with Crippen LogP contribution in [0.4, 0.5) is 0 Å². The number of nitrogens with one attached hydrogen (secondary N) is 1. The summed E-state index contributed by atoms with van der Waals surface area (Å²) in [6, 6.07) is -1.53. The van der Waals surface area contributed by atoms with Crippen LogP contribution < -0.4 is 5.32 Å². The average Bonchev–Trinajstić information content (AvgIpc) is 2.33. The number of rotatable bonds is 3. The van der Waals surface area contributed by atoms with E-state index in [0.29, 0.717) is 0 Å². The van der Waals surface area contributed by atoms with Gasteiger partial charge in [0.2, 0.25) is 11.8 Å². The maximum absolute atomic E-state index is 11.3. The Bertz CT molecular complexity index is 289. The molecule has 2 atom stereocenters. The van der Waals surface area contributed by atoms with Gasteiger partial charge in [0.05, 0.1) is 12.5 Å². The Balaban J connectivity index is 2.60. The van der Waals surface area contributed by atoms with E-state index in [4.69, 9.17) is 5.11 Å². The Labute approximate surface area is 80.9 Å². The third-order valence-corrected chi connectivity index (χ3v) is 2.20. The summed E-state index contributed by atoms with van der Waals surface area (Å²) in [6.07, 6.45) is 0.0347. The van der Waals surface area contributed by atoms with Crippen molar-refractivity contribution >= 4 is 17.8 Å². The molecule has 2 N–H and O–H groups in total. The van der Waals surface area contributed by atoms with Gasteiger partial charge in [-0.2, -0.15) is 0 Å². The Morgan fingerprint density at radius 2 is 2.21 bits per heavy atom. The molecule has 1 heterocycles. The standard InChI is InChI=1S/C8H12N2O4/c1-4(8(13)14)9-5-3-6(11)10(2)7(5)12/h4-5,9H,3H2,1-2H3,(H,13,14). The summed E-state index contributed by atoms with van der Waals surface area (Å²) in [5.41, 5.74) is 0. The van der Waals surface area contributed by atoms with Crippen LogP contribution in [0.1, 0.15) is 13.3 Å². The lowest BCUT2D eigenvalue weighted by Gasteiger charge is -2.13. The number of carboxylic acid groups (broad SMARTS) is 1. The molecule has 1 aliphatic rings. The summed E-state index contributed by atoms with van der Waals surface area (Å²) in [5, 5.41) is 11.2. The van der Waals surface area contributed by atoms with Gasteiger partial charge in [0.15, 0.2) is 0 Å².